The number of carbonyl (C=O) groups is 1. The molecule has 0 saturated heterocycles. The Morgan fingerprint density at radius 1 is 0.871 bits per heavy atom. The van der Waals surface area contributed by atoms with E-state index in [-0.39, 0.29) is 5.97 Å². The first-order valence-electron chi connectivity index (χ1n) is 9.86. The predicted molar refractivity (Wildman–Crippen MR) is 127 cm³/mol. The van der Waals surface area contributed by atoms with E-state index in [1.807, 2.05) is 36.4 Å². The zero-order valence-electron chi connectivity index (χ0n) is 17.7. The van der Waals surface area contributed by atoms with Gasteiger partial charge in [-0.1, -0.05) is 6.07 Å². The summed E-state index contributed by atoms with van der Waals surface area (Å²) >= 11 is 2.15. The van der Waals surface area contributed by atoms with Gasteiger partial charge in [0.2, 0.25) is 0 Å². The van der Waals surface area contributed by atoms with Crippen LogP contribution in [0.15, 0.2) is 72.8 Å². The van der Waals surface area contributed by atoms with E-state index < -0.39 is 0 Å². The van der Waals surface area contributed by atoms with Gasteiger partial charge in [0.25, 0.3) is 0 Å². The molecule has 0 aliphatic rings. The standard InChI is InChI=1S/C25H26O4SSe/c1-27-24-13-10-21(14-23(24)25(26)28-2)17-31-16-20-8-11-22(12-9-20)29-18-30-15-19-6-4-3-5-7-19/h3-14H,15-18H2,1-2H3. The number of methoxy groups -OCH3 is 2. The molecule has 0 spiro atoms. The van der Waals surface area contributed by atoms with Gasteiger partial charge in [-0.25, -0.2) is 0 Å². The molecule has 0 aliphatic carbocycles. The number of ether oxygens (including phenoxy) is 3. The fraction of sp³-hybridized carbons (Fsp3) is 0.240. The monoisotopic (exact) mass is 502 g/mol. The summed E-state index contributed by atoms with van der Waals surface area (Å²) in [6, 6.07) is 24.5. The summed E-state index contributed by atoms with van der Waals surface area (Å²) in [7, 11) is 2.94. The van der Waals surface area contributed by atoms with Gasteiger partial charge in [-0.15, -0.1) is 0 Å². The molecule has 0 bridgehead atoms. The van der Waals surface area contributed by atoms with Gasteiger partial charge in [0.1, 0.15) is 0 Å². The van der Waals surface area contributed by atoms with Crippen LogP contribution in [-0.2, 0) is 21.1 Å². The molecule has 3 aromatic carbocycles. The molecule has 0 amide bonds. The number of hydrogen-bond donors (Lipinski definition) is 0. The van der Waals surface area contributed by atoms with Crippen LogP contribution in [-0.4, -0.2) is 41.1 Å². The average molecular weight is 502 g/mol. The quantitative estimate of drug-likeness (QED) is 0.157. The molecule has 0 atom stereocenters. The third-order valence-corrected chi connectivity index (χ3v) is 7.63. The Labute approximate surface area is 194 Å². The molecule has 0 aliphatic heterocycles. The molecule has 3 aromatic rings. The van der Waals surface area contributed by atoms with Gasteiger partial charge in [-0.05, 0) is 0 Å². The Bertz CT molecular complexity index is 961. The topological polar surface area (TPSA) is 44.8 Å². The van der Waals surface area contributed by atoms with E-state index in [4.69, 9.17) is 14.2 Å². The molecule has 0 N–H and O–H groups in total. The first-order valence-corrected chi connectivity index (χ1v) is 13.4. The molecule has 0 saturated carbocycles. The molecule has 0 heterocycles. The number of carbonyl (C=O) groups excluding carboxylic acids is 1. The number of esters is 1. The van der Waals surface area contributed by atoms with E-state index >= 15 is 0 Å². The van der Waals surface area contributed by atoms with Crippen LogP contribution in [0.4, 0.5) is 0 Å². The van der Waals surface area contributed by atoms with Crippen molar-refractivity contribution in [2.75, 3.05) is 20.2 Å². The summed E-state index contributed by atoms with van der Waals surface area (Å²) < 4.78 is 15.9. The zero-order valence-corrected chi connectivity index (χ0v) is 20.2. The normalized spacial score (nSPS) is 10.5. The van der Waals surface area contributed by atoms with Crippen molar-refractivity contribution < 1.29 is 19.0 Å². The first kappa shape index (κ1) is 23.3. The van der Waals surface area contributed by atoms with Crippen molar-refractivity contribution in [2.24, 2.45) is 0 Å². The van der Waals surface area contributed by atoms with Gasteiger partial charge in [0.05, 0.1) is 0 Å². The van der Waals surface area contributed by atoms with Gasteiger partial charge >= 0.3 is 189 Å². The molecular weight excluding hydrogens is 475 g/mol. The van der Waals surface area contributed by atoms with E-state index in [9.17, 15) is 4.79 Å². The Balaban J connectivity index is 1.42. The molecular formula is C25H26O4SSe. The van der Waals surface area contributed by atoms with Crippen molar-refractivity contribution in [1.29, 1.82) is 0 Å². The molecule has 0 unspecified atom stereocenters. The number of benzene rings is 3. The van der Waals surface area contributed by atoms with Crippen LogP contribution in [0, 0.1) is 0 Å². The summed E-state index contributed by atoms with van der Waals surface area (Å²) in [4.78, 5) is 11.9. The summed E-state index contributed by atoms with van der Waals surface area (Å²) in [5.41, 5.74) is 4.21. The van der Waals surface area contributed by atoms with Crippen LogP contribution in [0.2, 0.25) is 0 Å². The second-order valence-corrected chi connectivity index (χ2v) is 9.76. The van der Waals surface area contributed by atoms with Crippen molar-refractivity contribution in [3.8, 4) is 11.5 Å². The van der Waals surface area contributed by atoms with E-state index in [0.717, 1.165) is 27.7 Å². The summed E-state index contributed by atoms with van der Waals surface area (Å²) in [5.74, 6) is 2.65. The minimum absolute atomic E-state index is 0.372. The summed E-state index contributed by atoms with van der Waals surface area (Å²) in [6.45, 7) is 0. The fourth-order valence-corrected chi connectivity index (χ4v) is 5.64. The van der Waals surface area contributed by atoms with Crippen LogP contribution >= 0.6 is 11.8 Å². The van der Waals surface area contributed by atoms with Crippen molar-refractivity contribution in [3.63, 3.8) is 0 Å². The average Bonchev–Trinajstić information content (AvgIpc) is 2.83. The van der Waals surface area contributed by atoms with E-state index in [1.165, 1.54) is 18.2 Å². The Hall–Kier alpha value is -2.40. The SMILES string of the molecule is COC(=O)c1cc(C[Se]Cc2ccc(OCSCc3ccccc3)cc2)ccc1OC. The third-order valence-electron chi connectivity index (χ3n) is 4.55. The molecule has 0 fully saturated rings. The second kappa shape index (κ2) is 12.5. The Morgan fingerprint density at radius 3 is 2.29 bits per heavy atom. The maximum atomic E-state index is 11.9. The molecule has 0 aromatic heterocycles. The van der Waals surface area contributed by atoms with Crippen LogP contribution in [0.5, 0.6) is 11.5 Å². The van der Waals surface area contributed by atoms with Gasteiger partial charge in [0.15, 0.2) is 0 Å². The Morgan fingerprint density at radius 2 is 1.58 bits per heavy atom. The fourth-order valence-electron chi connectivity index (χ4n) is 2.93. The maximum absolute atomic E-state index is 11.9. The van der Waals surface area contributed by atoms with Crippen LogP contribution in [0.25, 0.3) is 0 Å². The van der Waals surface area contributed by atoms with E-state index in [2.05, 4.69) is 36.4 Å². The molecule has 6 heteroatoms. The first-order chi connectivity index (χ1) is 15.2. The van der Waals surface area contributed by atoms with Gasteiger partial charge in [-0.2, -0.15) is 0 Å². The molecule has 31 heavy (non-hydrogen) atoms. The summed E-state index contributed by atoms with van der Waals surface area (Å²) in [5, 5.41) is 1.96. The van der Waals surface area contributed by atoms with Crippen molar-refractivity contribution >= 4 is 32.7 Å². The molecule has 162 valence electrons. The third kappa shape index (κ3) is 7.35. The van der Waals surface area contributed by atoms with Crippen molar-refractivity contribution in [3.05, 3.63) is 95.1 Å². The minimum atomic E-state index is -0.372. The van der Waals surface area contributed by atoms with E-state index in [0.29, 0.717) is 32.2 Å². The second-order valence-electron chi connectivity index (χ2n) is 6.76. The van der Waals surface area contributed by atoms with Crippen molar-refractivity contribution in [2.45, 2.75) is 16.4 Å². The Kier molecular flexibility index (Phi) is 9.35. The summed E-state index contributed by atoms with van der Waals surface area (Å²) in [6.07, 6.45) is 0. The van der Waals surface area contributed by atoms with Gasteiger partial charge in [0, 0.05) is 0 Å². The molecule has 4 nitrogen and oxygen atoms in total. The number of hydrogen-bond acceptors (Lipinski definition) is 5. The van der Waals surface area contributed by atoms with Crippen molar-refractivity contribution in [1.82, 2.24) is 0 Å². The number of rotatable bonds is 11. The number of thioether (sulfide) groups is 1. The zero-order chi connectivity index (χ0) is 21.9. The van der Waals surface area contributed by atoms with E-state index in [1.54, 1.807) is 18.9 Å². The van der Waals surface area contributed by atoms with Gasteiger partial charge in [-0.3, -0.25) is 0 Å². The molecule has 0 radical (unpaired) electrons. The predicted octanol–water partition coefficient (Wildman–Crippen LogP) is 5.16. The molecule has 3 rings (SSSR count). The van der Waals surface area contributed by atoms with Gasteiger partial charge < -0.3 is 0 Å². The van der Waals surface area contributed by atoms with Crippen LogP contribution < -0.4 is 9.47 Å². The van der Waals surface area contributed by atoms with Crippen LogP contribution in [0.1, 0.15) is 27.0 Å². The van der Waals surface area contributed by atoms with Crippen LogP contribution in [0.3, 0.4) is 0 Å².